The van der Waals surface area contributed by atoms with Crippen LogP contribution in [0.4, 0.5) is 14.5 Å². The van der Waals surface area contributed by atoms with Gasteiger partial charge in [-0.15, -0.1) is 0 Å². The van der Waals surface area contributed by atoms with Crippen molar-refractivity contribution in [3.63, 3.8) is 0 Å². The van der Waals surface area contributed by atoms with Gasteiger partial charge in [0.25, 0.3) is 6.43 Å². The second-order valence-electron chi connectivity index (χ2n) is 2.33. The maximum absolute atomic E-state index is 12.3. The Morgan fingerprint density at radius 2 is 2.17 bits per heavy atom. The smallest absolute Gasteiger partial charge is 0.265 e. The van der Waals surface area contributed by atoms with E-state index in [4.69, 9.17) is 5.73 Å². The van der Waals surface area contributed by atoms with Crippen LogP contribution in [0.15, 0.2) is 6.07 Å². The highest BCUT2D eigenvalue weighted by atomic mass is 127. The van der Waals surface area contributed by atoms with Gasteiger partial charge in [-0.1, -0.05) is 0 Å². The molecule has 66 valence electrons. The summed E-state index contributed by atoms with van der Waals surface area (Å²) in [5.74, 6) is 0. The highest BCUT2D eigenvalue weighted by molar-refractivity contribution is 14.1. The van der Waals surface area contributed by atoms with Crippen molar-refractivity contribution in [2.24, 2.45) is 0 Å². The third-order valence-corrected chi connectivity index (χ3v) is 2.04. The monoisotopic (exact) mass is 284 g/mol. The Kier molecular flexibility index (Phi) is 2.81. The predicted molar refractivity (Wildman–Crippen MR) is 51.1 cm³/mol. The molecule has 0 saturated carbocycles. The van der Waals surface area contributed by atoms with Crippen LogP contribution < -0.4 is 5.73 Å². The Bertz CT molecular complexity index is 302. The van der Waals surface area contributed by atoms with Crippen LogP contribution in [0.1, 0.15) is 17.7 Å². The lowest BCUT2D eigenvalue weighted by Gasteiger charge is -2.06. The van der Waals surface area contributed by atoms with Crippen molar-refractivity contribution >= 4 is 28.3 Å². The third kappa shape index (κ3) is 1.82. The van der Waals surface area contributed by atoms with Crippen molar-refractivity contribution in [3.05, 3.63) is 21.0 Å². The van der Waals surface area contributed by atoms with Gasteiger partial charge in [-0.25, -0.2) is 13.8 Å². The molecule has 0 amide bonds. The zero-order valence-electron chi connectivity index (χ0n) is 6.31. The third-order valence-electron chi connectivity index (χ3n) is 1.49. The number of hydrogen-bond donors (Lipinski definition) is 1. The summed E-state index contributed by atoms with van der Waals surface area (Å²) >= 11 is 1.88. The summed E-state index contributed by atoms with van der Waals surface area (Å²) in [6, 6.07) is 1.30. The van der Waals surface area contributed by atoms with Crippen LogP contribution in [0, 0.1) is 10.6 Å². The zero-order valence-corrected chi connectivity index (χ0v) is 8.47. The molecule has 1 rings (SSSR count). The fraction of sp³-hybridized carbons (Fsp3) is 0.286. The molecule has 0 radical (unpaired) electrons. The molecule has 5 heteroatoms. The standard InChI is InChI=1S/C7H7F2IN2/c1-3-6(11)4(7(8)9)2-5(10)12-3/h2,7H,11H2,1H3. The van der Waals surface area contributed by atoms with Crippen LogP contribution in [0.2, 0.25) is 0 Å². The maximum atomic E-state index is 12.3. The molecule has 0 spiro atoms. The number of aryl methyl sites for hydroxylation is 1. The average molecular weight is 284 g/mol. The van der Waals surface area contributed by atoms with Crippen molar-refractivity contribution in [2.45, 2.75) is 13.3 Å². The Balaban J connectivity index is 3.28. The molecule has 0 aromatic carbocycles. The summed E-state index contributed by atoms with van der Waals surface area (Å²) in [5.41, 5.74) is 5.82. The van der Waals surface area contributed by atoms with E-state index < -0.39 is 6.43 Å². The molecule has 0 aliphatic carbocycles. The van der Waals surface area contributed by atoms with Gasteiger partial charge < -0.3 is 5.73 Å². The van der Waals surface area contributed by atoms with Crippen LogP contribution in [0.5, 0.6) is 0 Å². The Labute approximate surface area is 82.3 Å². The number of anilines is 1. The van der Waals surface area contributed by atoms with Gasteiger partial charge in [0.05, 0.1) is 11.4 Å². The van der Waals surface area contributed by atoms with E-state index >= 15 is 0 Å². The molecule has 1 aromatic heterocycles. The lowest BCUT2D eigenvalue weighted by atomic mass is 10.2. The van der Waals surface area contributed by atoms with Gasteiger partial charge in [0.15, 0.2) is 0 Å². The summed E-state index contributed by atoms with van der Waals surface area (Å²) in [7, 11) is 0. The van der Waals surface area contributed by atoms with Gasteiger partial charge in [-0.05, 0) is 35.6 Å². The Morgan fingerprint density at radius 1 is 1.58 bits per heavy atom. The number of pyridine rings is 1. The van der Waals surface area contributed by atoms with Gasteiger partial charge in [-0.2, -0.15) is 0 Å². The normalized spacial score (nSPS) is 10.8. The van der Waals surface area contributed by atoms with Gasteiger partial charge in [0.2, 0.25) is 0 Å². The fourth-order valence-corrected chi connectivity index (χ4v) is 1.55. The number of hydrogen-bond acceptors (Lipinski definition) is 2. The van der Waals surface area contributed by atoms with E-state index in [-0.39, 0.29) is 11.3 Å². The summed E-state index contributed by atoms with van der Waals surface area (Å²) in [5, 5.41) is 0. The minimum Gasteiger partial charge on any atom is -0.397 e. The zero-order chi connectivity index (χ0) is 9.30. The van der Waals surface area contributed by atoms with Crippen molar-refractivity contribution in [1.82, 2.24) is 4.98 Å². The molecule has 1 aromatic rings. The molecule has 2 nitrogen and oxygen atoms in total. The first-order chi connectivity index (χ1) is 5.52. The van der Waals surface area contributed by atoms with Crippen molar-refractivity contribution in [3.8, 4) is 0 Å². The van der Waals surface area contributed by atoms with Crippen LogP contribution in [-0.2, 0) is 0 Å². The van der Waals surface area contributed by atoms with E-state index in [1.807, 2.05) is 22.6 Å². The molecular weight excluding hydrogens is 277 g/mol. The van der Waals surface area contributed by atoms with Gasteiger partial charge >= 0.3 is 0 Å². The minimum absolute atomic E-state index is 0.0883. The molecule has 12 heavy (non-hydrogen) atoms. The molecule has 0 aliphatic rings. The van der Waals surface area contributed by atoms with E-state index in [0.717, 1.165) is 0 Å². The molecule has 2 N–H and O–H groups in total. The summed E-state index contributed by atoms with van der Waals surface area (Å²) in [4.78, 5) is 3.94. The SMILES string of the molecule is Cc1nc(I)cc(C(F)F)c1N. The highest BCUT2D eigenvalue weighted by Gasteiger charge is 2.14. The first kappa shape index (κ1) is 9.63. The molecule has 0 aliphatic heterocycles. The summed E-state index contributed by atoms with van der Waals surface area (Å²) in [6.07, 6.45) is -2.53. The van der Waals surface area contributed by atoms with Gasteiger partial charge in [0, 0.05) is 5.56 Å². The first-order valence-corrected chi connectivity index (χ1v) is 4.31. The molecule has 0 bridgehead atoms. The van der Waals surface area contributed by atoms with Crippen molar-refractivity contribution in [1.29, 1.82) is 0 Å². The summed E-state index contributed by atoms with van der Waals surface area (Å²) in [6.45, 7) is 1.61. The number of alkyl halides is 2. The van der Waals surface area contributed by atoms with E-state index in [2.05, 4.69) is 4.98 Å². The molecule has 0 unspecified atom stereocenters. The van der Waals surface area contributed by atoms with Crippen molar-refractivity contribution < 1.29 is 8.78 Å². The molecule has 0 fully saturated rings. The number of nitrogens with two attached hydrogens (primary N) is 1. The van der Waals surface area contributed by atoms with Crippen LogP contribution in [0.3, 0.4) is 0 Å². The van der Waals surface area contributed by atoms with Gasteiger partial charge in [-0.3, -0.25) is 0 Å². The van der Waals surface area contributed by atoms with Crippen LogP contribution in [-0.4, -0.2) is 4.98 Å². The highest BCUT2D eigenvalue weighted by Crippen LogP contribution is 2.27. The largest absolute Gasteiger partial charge is 0.397 e. The number of rotatable bonds is 1. The Morgan fingerprint density at radius 3 is 2.67 bits per heavy atom. The molecular formula is C7H7F2IN2. The van der Waals surface area contributed by atoms with Crippen LogP contribution in [0.25, 0.3) is 0 Å². The van der Waals surface area contributed by atoms with E-state index in [9.17, 15) is 8.78 Å². The number of aromatic nitrogens is 1. The lowest BCUT2D eigenvalue weighted by Crippen LogP contribution is -2.01. The van der Waals surface area contributed by atoms with E-state index in [1.54, 1.807) is 6.92 Å². The van der Waals surface area contributed by atoms with Crippen molar-refractivity contribution in [2.75, 3.05) is 5.73 Å². The van der Waals surface area contributed by atoms with Gasteiger partial charge in [0.1, 0.15) is 3.70 Å². The maximum Gasteiger partial charge on any atom is 0.265 e. The average Bonchev–Trinajstić information content (AvgIpc) is 1.96. The summed E-state index contributed by atoms with van der Waals surface area (Å²) < 4.78 is 25.1. The number of nitrogen functional groups attached to an aromatic ring is 1. The molecule has 0 atom stereocenters. The molecule has 1 heterocycles. The topological polar surface area (TPSA) is 38.9 Å². The minimum atomic E-state index is -2.53. The second kappa shape index (κ2) is 3.51. The number of halogens is 3. The lowest BCUT2D eigenvalue weighted by molar-refractivity contribution is 0.152. The second-order valence-corrected chi connectivity index (χ2v) is 3.44. The fourth-order valence-electron chi connectivity index (χ4n) is 0.848. The first-order valence-electron chi connectivity index (χ1n) is 3.23. The Hall–Kier alpha value is -0.460. The number of nitrogens with zero attached hydrogens (tertiary/aromatic N) is 1. The van der Waals surface area contributed by atoms with E-state index in [0.29, 0.717) is 9.39 Å². The van der Waals surface area contributed by atoms with E-state index in [1.165, 1.54) is 6.07 Å². The quantitative estimate of drug-likeness (QED) is 0.635. The van der Waals surface area contributed by atoms with Crippen LogP contribution >= 0.6 is 22.6 Å². The molecule has 0 saturated heterocycles. The predicted octanol–water partition coefficient (Wildman–Crippen LogP) is 2.51.